The Balaban J connectivity index is 0.00000364. The van der Waals surface area contributed by atoms with Crippen molar-refractivity contribution in [1.29, 1.82) is 0 Å². The Hall–Kier alpha value is -1.71. The fourth-order valence-electron chi connectivity index (χ4n) is 2.51. The summed E-state index contributed by atoms with van der Waals surface area (Å²) < 4.78 is 30.9. The van der Waals surface area contributed by atoms with Gasteiger partial charge in [0.1, 0.15) is 0 Å². The molecule has 150 valence electrons. The normalized spacial score (nSPS) is 12.4. The lowest BCUT2D eigenvalue weighted by molar-refractivity contribution is -0.120. The molecule has 0 radical (unpaired) electrons. The largest absolute Gasteiger partial charge is 0.381 e. The SMILES string of the molecule is CCOCCS(=O)(=O)NCC(=O)NC(CN)c1ccc2ccccc2c1.Cl. The van der Waals surface area contributed by atoms with E-state index in [1.54, 1.807) is 6.92 Å². The van der Waals surface area contributed by atoms with Crippen molar-refractivity contribution in [2.24, 2.45) is 5.73 Å². The Kier molecular flexibility index (Phi) is 9.68. The first kappa shape index (κ1) is 23.3. The van der Waals surface area contributed by atoms with Crippen LogP contribution in [0.4, 0.5) is 0 Å². The van der Waals surface area contributed by atoms with Crippen molar-refractivity contribution in [3.8, 4) is 0 Å². The summed E-state index contributed by atoms with van der Waals surface area (Å²) in [4.78, 5) is 12.1. The maximum absolute atomic E-state index is 12.1. The van der Waals surface area contributed by atoms with Gasteiger partial charge < -0.3 is 15.8 Å². The van der Waals surface area contributed by atoms with Crippen molar-refractivity contribution < 1.29 is 17.9 Å². The molecule has 7 nitrogen and oxygen atoms in total. The molecule has 1 unspecified atom stereocenters. The van der Waals surface area contributed by atoms with Gasteiger partial charge in [-0.3, -0.25) is 4.79 Å². The molecule has 27 heavy (non-hydrogen) atoms. The van der Waals surface area contributed by atoms with Crippen LogP contribution in [-0.4, -0.2) is 46.4 Å². The van der Waals surface area contributed by atoms with Crippen molar-refractivity contribution in [2.45, 2.75) is 13.0 Å². The van der Waals surface area contributed by atoms with Gasteiger partial charge >= 0.3 is 0 Å². The number of nitrogens with one attached hydrogen (secondary N) is 2. The number of carbonyl (C=O) groups is 1. The first-order valence-electron chi connectivity index (χ1n) is 8.48. The molecule has 1 atom stereocenters. The molecule has 2 aromatic rings. The van der Waals surface area contributed by atoms with Gasteiger partial charge in [-0.05, 0) is 29.3 Å². The fraction of sp³-hybridized carbons (Fsp3) is 0.389. The van der Waals surface area contributed by atoms with E-state index in [4.69, 9.17) is 10.5 Å². The number of hydrogen-bond donors (Lipinski definition) is 3. The third kappa shape index (κ3) is 7.43. The number of nitrogens with two attached hydrogens (primary N) is 1. The number of fused-ring (bicyclic) bond motifs is 1. The van der Waals surface area contributed by atoms with Crippen LogP contribution in [0.3, 0.4) is 0 Å². The third-order valence-electron chi connectivity index (χ3n) is 3.90. The highest BCUT2D eigenvalue weighted by Crippen LogP contribution is 2.20. The fourth-order valence-corrected chi connectivity index (χ4v) is 3.34. The van der Waals surface area contributed by atoms with E-state index >= 15 is 0 Å². The van der Waals surface area contributed by atoms with Crippen LogP contribution < -0.4 is 15.8 Å². The van der Waals surface area contributed by atoms with Crippen LogP contribution in [0.2, 0.25) is 0 Å². The van der Waals surface area contributed by atoms with Crippen LogP contribution in [-0.2, 0) is 19.6 Å². The Morgan fingerprint density at radius 3 is 2.56 bits per heavy atom. The van der Waals surface area contributed by atoms with Gasteiger partial charge in [-0.2, -0.15) is 0 Å². The number of amides is 1. The predicted octanol–water partition coefficient (Wildman–Crippen LogP) is 1.33. The summed E-state index contributed by atoms with van der Waals surface area (Å²) in [7, 11) is -3.55. The van der Waals surface area contributed by atoms with Crippen LogP contribution >= 0.6 is 12.4 Å². The second kappa shape index (κ2) is 11.2. The van der Waals surface area contributed by atoms with E-state index in [1.165, 1.54) is 0 Å². The van der Waals surface area contributed by atoms with E-state index in [9.17, 15) is 13.2 Å². The van der Waals surface area contributed by atoms with Gasteiger partial charge in [0.2, 0.25) is 15.9 Å². The lowest BCUT2D eigenvalue weighted by atomic mass is 10.0. The molecule has 0 aromatic heterocycles. The Morgan fingerprint density at radius 2 is 1.89 bits per heavy atom. The molecule has 0 aliphatic rings. The highest BCUT2D eigenvalue weighted by Gasteiger charge is 2.16. The van der Waals surface area contributed by atoms with Crippen molar-refractivity contribution in [2.75, 3.05) is 32.1 Å². The van der Waals surface area contributed by atoms with E-state index in [2.05, 4.69) is 10.0 Å². The molecule has 0 saturated carbocycles. The van der Waals surface area contributed by atoms with Crippen LogP contribution in [0.5, 0.6) is 0 Å². The van der Waals surface area contributed by atoms with Gasteiger partial charge in [-0.25, -0.2) is 13.1 Å². The summed E-state index contributed by atoms with van der Waals surface area (Å²) in [6.45, 7) is 2.20. The molecular formula is C18H26ClN3O4S. The number of benzene rings is 2. The molecule has 1 amide bonds. The number of carbonyl (C=O) groups excluding carboxylic acids is 1. The van der Waals surface area contributed by atoms with Crippen molar-refractivity contribution in [1.82, 2.24) is 10.0 Å². The molecule has 2 rings (SSSR count). The smallest absolute Gasteiger partial charge is 0.235 e. The van der Waals surface area contributed by atoms with E-state index in [1.807, 2.05) is 42.5 Å². The number of halogens is 1. The maximum atomic E-state index is 12.1. The van der Waals surface area contributed by atoms with Gasteiger partial charge in [-0.1, -0.05) is 36.4 Å². The predicted molar refractivity (Wildman–Crippen MR) is 109 cm³/mol. The first-order valence-corrected chi connectivity index (χ1v) is 10.1. The van der Waals surface area contributed by atoms with Crippen molar-refractivity contribution in [3.63, 3.8) is 0 Å². The minimum absolute atomic E-state index is 0. The van der Waals surface area contributed by atoms with E-state index in [-0.39, 0.29) is 43.9 Å². The third-order valence-corrected chi connectivity index (χ3v) is 5.19. The zero-order valence-corrected chi connectivity index (χ0v) is 16.8. The highest BCUT2D eigenvalue weighted by atomic mass is 35.5. The number of rotatable bonds is 10. The first-order chi connectivity index (χ1) is 12.4. The molecule has 4 N–H and O–H groups in total. The number of ether oxygens (including phenoxy) is 1. The average molecular weight is 416 g/mol. The van der Waals surface area contributed by atoms with Gasteiger partial charge in [0.05, 0.1) is 24.9 Å². The average Bonchev–Trinajstić information content (AvgIpc) is 2.64. The summed E-state index contributed by atoms with van der Waals surface area (Å²) in [6, 6.07) is 13.4. The summed E-state index contributed by atoms with van der Waals surface area (Å²) in [5, 5.41) is 4.91. The second-order valence-electron chi connectivity index (χ2n) is 5.80. The number of hydrogen-bond acceptors (Lipinski definition) is 5. The molecule has 2 aromatic carbocycles. The molecule has 0 heterocycles. The Labute approximate surface area is 166 Å². The molecule has 0 bridgehead atoms. The topological polar surface area (TPSA) is 111 Å². The summed E-state index contributed by atoms with van der Waals surface area (Å²) in [5.74, 6) is -0.618. The second-order valence-corrected chi connectivity index (χ2v) is 7.73. The zero-order chi connectivity index (χ0) is 19.0. The summed E-state index contributed by atoms with van der Waals surface area (Å²) in [5.41, 5.74) is 6.66. The van der Waals surface area contributed by atoms with Crippen LogP contribution in [0.1, 0.15) is 18.5 Å². The number of sulfonamides is 1. The quantitative estimate of drug-likeness (QED) is 0.507. The summed E-state index contributed by atoms with van der Waals surface area (Å²) in [6.07, 6.45) is 0. The van der Waals surface area contributed by atoms with E-state index < -0.39 is 15.9 Å². The Morgan fingerprint density at radius 1 is 1.19 bits per heavy atom. The van der Waals surface area contributed by atoms with Gasteiger partial charge in [0.25, 0.3) is 0 Å². The van der Waals surface area contributed by atoms with Gasteiger partial charge in [0, 0.05) is 13.2 Å². The van der Waals surface area contributed by atoms with E-state index in [0.29, 0.717) is 6.61 Å². The minimum Gasteiger partial charge on any atom is -0.381 e. The molecular weight excluding hydrogens is 390 g/mol. The highest BCUT2D eigenvalue weighted by molar-refractivity contribution is 7.89. The van der Waals surface area contributed by atoms with Crippen LogP contribution in [0.25, 0.3) is 10.8 Å². The zero-order valence-electron chi connectivity index (χ0n) is 15.2. The molecule has 0 aliphatic heterocycles. The van der Waals surface area contributed by atoms with E-state index in [0.717, 1.165) is 16.3 Å². The lowest BCUT2D eigenvalue weighted by Gasteiger charge is -2.18. The molecule has 9 heteroatoms. The minimum atomic E-state index is -3.55. The summed E-state index contributed by atoms with van der Waals surface area (Å²) >= 11 is 0. The van der Waals surface area contributed by atoms with Crippen LogP contribution in [0.15, 0.2) is 42.5 Å². The molecule has 0 fully saturated rings. The molecule has 0 saturated heterocycles. The Bertz CT molecular complexity index is 845. The maximum Gasteiger partial charge on any atom is 0.235 e. The van der Waals surface area contributed by atoms with Crippen molar-refractivity contribution in [3.05, 3.63) is 48.0 Å². The van der Waals surface area contributed by atoms with Gasteiger partial charge in [-0.15, -0.1) is 12.4 Å². The van der Waals surface area contributed by atoms with Crippen LogP contribution in [0, 0.1) is 0 Å². The van der Waals surface area contributed by atoms with Crippen molar-refractivity contribution >= 4 is 39.1 Å². The monoisotopic (exact) mass is 415 g/mol. The standard InChI is InChI=1S/C18H25N3O4S.ClH/c1-2-25-9-10-26(23,24)20-13-18(22)21-17(12-19)16-8-7-14-5-3-4-6-15(14)11-16;/h3-8,11,17,20H,2,9-10,12-13,19H2,1H3,(H,21,22);1H. The lowest BCUT2D eigenvalue weighted by Crippen LogP contribution is -2.41. The molecule has 0 spiro atoms. The molecule has 0 aliphatic carbocycles. The van der Waals surface area contributed by atoms with Gasteiger partial charge in [0.15, 0.2) is 0 Å².